The number of amides is 1. The summed E-state index contributed by atoms with van der Waals surface area (Å²) in [6, 6.07) is 16.7. The van der Waals surface area contributed by atoms with E-state index in [2.05, 4.69) is 15.4 Å². The van der Waals surface area contributed by atoms with Gasteiger partial charge >= 0.3 is 0 Å². The molecule has 4 aromatic rings. The minimum Gasteiger partial charge on any atom is -0.347 e. The first kappa shape index (κ1) is 21.1. The Hall–Kier alpha value is -3.74. The molecule has 0 radical (unpaired) electrons. The van der Waals surface area contributed by atoms with Gasteiger partial charge in [0.2, 0.25) is 5.91 Å². The van der Waals surface area contributed by atoms with Gasteiger partial charge in [0.1, 0.15) is 0 Å². The number of aryl methyl sites for hydroxylation is 1. The third-order valence-electron chi connectivity index (χ3n) is 6.47. The van der Waals surface area contributed by atoms with Crippen molar-refractivity contribution in [3.05, 3.63) is 88.0 Å². The maximum Gasteiger partial charge on any atom is 0.272 e. The molecule has 1 unspecified atom stereocenters. The summed E-state index contributed by atoms with van der Waals surface area (Å²) in [6.45, 7) is 6.09. The van der Waals surface area contributed by atoms with E-state index >= 15 is 0 Å². The Bertz CT molecular complexity index is 1370. The molecule has 3 heterocycles. The second-order valence-electron chi connectivity index (χ2n) is 9.24. The molecule has 168 valence electrons. The minimum atomic E-state index is -0.486. The predicted octanol–water partition coefficient (Wildman–Crippen LogP) is 3.94. The first-order valence-electron chi connectivity index (χ1n) is 11.3. The lowest BCUT2D eigenvalue weighted by atomic mass is 9.92. The number of nitrogens with one attached hydrogen (secondary N) is 2. The second kappa shape index (κ2) is 7.99. The van der Waals surface area contributed by atoms with Gasteiger partial charge in [-0.15, -0.1) is 0 Å². The molecule has 0 spiro atoms. The molecule has 5 rings (SSSR count). The molecule has 1 saturated carbocycles. The van der Waals surface area contributed by atoms with E-state index in [0.29, 0.717) is 17.0 Å². The number of aromatic nitrogens is 4. The summed E-state index contributed by atoms with van der Waals surface area (Å²) >= 11 is 0. The average Bonchev–Trinajstić information content (AvgIpc) is 3.50. The van der Waals surface area contributed by atoms with Gasteiger partial charge in [0, 0.05) is 18.3 Å². The Morgan fingerprint density at radius 1 is 1.12 bits per heavy atom. The fraction of sp³-hybridized carbons (Fsp3) is 0.308. The van der Waals surface area contributed by atoms with Crippen molar-refractivity contribution in [3.8, 4) is 11.4 Å². The summed E-state index contributed by atoms with van der Waals surface area (Å²) in [7, 11) is 0. The van der Waals surface area contributed by atoms with E-state index in [1.54, 1.807) is 12.3 Å². The summed E-state index contributed by atoms with van der Waals surface area (Å²) in [5.74, 6) is 0.0571. The molecule has 1 fully saturated rings. The smallest absolute Gasteiger partial charge is 0.272 e. The molecule has 0 bridgehead atoms. The second-order valence-corrected chi connectivity index (χ2v) is 9.24. The molecule has 1 aliphatic carbocycles. The molecule has 1 aromatic carbocycles. The van der Waals surface area contributed by atoms with Gasteiger partial charge in [0.05, 0.1) is 28.5 Å². The van der Waals surface area contributed by atoms with E-state index in [1.807, 2.05) is 63.2 Å². The van der Waals surface area contributed by atoms with Crippen LogP contribution in [0, 0.1) is 12.8 Å². The number of hydrogen-bond donors (Lipinski definition) is 2. The number of nitrogens with zero attached hydrogens (tertiary/aromatic N) is 3. The quantitative estimate of drug-likeness (QED) is 0.474. The van der Waals surface area contributed by atoms with E-state index in [0.717, 1.165) is 24.1 Å². The van der Waals surface area contributed by atoms with E-state index in [9.17, 15) is 9.59 Å². The lowest BCUT2D eigenvalue weighted by molar-refractivity contribution is -0.124. The monoisotopic (exact) mass is 441 g/mol. The van der Waals surface area contributed by atoms with Crippen LogP contribution in [-0.2, 0) is 10.2 Å². The van der Waals surface area contributed by atoms with Crippen LogP contribution in [0.15, 0.2) is 65.6 Å². The number of rotatable bonds is 6. The first-order valence-corrected chi connectivity index (χ1v) is 11.3. The Kier molecular flexibility index (Phi) is 5.12. The third-order valence-corrected chi connectivity index (χ3v) is 6.47. The highest BCUT2D eigenvalue weighted by Gasteiger charge is 2.51. The van der Waals surface area contributed by atoms with Gasteiger partial charge in [-0.05, 0) is 43.4 Å². The summed E-state index contributed by atoms with van der Waals surface area (Å²) in [5.41, 5.74) is 4.00. The van der Waals surface area contributed by atoms with Gasteiger partial charge in [-0.3, -0.25) is 19.7 Å². The molecular formula is C26H27N5O2. The highest BCUT2D eigenvalue weighted by Crippen LogP contribution is 2.49. The molecule has 7 nitrogen and oxygen atoms in total. The summed E-state index contributed by atoms with van der Waals surface area (Å²) in [4.78, 5) is 35.3. The molecule has 1 amide bonds. The van der Waals surface area contributed by atoms with Crippen LogP contribution in [0.4, 0.5) is 0 Å². The summed E-state index contributed by atoms with van der Waals surface area (Å²) in [6.07, 6.45) is 3.36. The number of benzene rings is 1. The van der Waals surface area contributed by atoms with E-state index in [4.69, 9.17) is 4.98 Å². The van der Waals surface area contributed by atoms with Crippen molar-refractivity contribution < 1.29 is 4.79 Å². The maximum absolute atomic E-state index is 13.4. The van der Waals surface area contributed by atoms with Gasteiger partial charge in [-0.2, -0.15) is 0 Å². The highest BCUT2D eigenvalue weighted by molar-refractivity contribution is 5.91. The van der Waals surface area contributed by atoms with Gasteiger partial charge in [-0.1, -0.05) is 49.7 Å². The molecule has 0 aliphatic heterocycles. The molecule has 2 N–H and O–H groups in total. The Labute approximate surface area is 191 Å². The molecule has 1 aliphatic rings. The van der Waals surface area contributed by atoms with Crippen LogP contribution in [-0.4, -0.2) is 25.5 Å². The van der Waals surface area contributed by atoms with Gasteiger partial charge in [0.15, 0.2) is 5.65 Å². The molecular weight excluding hydrogens is 414 g/mol. The normalized spacial score (nSPS) is 15.5. The van der Waals surface area contributed by atoms with Crippen LogP contribution in [0.2, 0.25) is 0 Å². The largest absolute Gasteiger partial charge is 0.347 e. The average molecular weight is 442 g/mol. The first-order chi connectivity index (χ1) is 15.9. The van der Waals surface area contributed by atoms with Crippen molar-refractivity contribution in [2.24, 2.45) is 5.92 Å². The van der Waals surface area contributed by atoms with Crippen LogP contribution in [0.5, 0.6) is 0 Å². The Balaban J connectivity index is 1.47. The van der Waals surface area contributed by atoms with Crippen LogP contribution in [0.3, 0.4) is 0 Å². The number of fused-ring (bicyclic) bond motifs is 1. The zero-order valence-corrected chi connectivity index (χ0v) is 19.0. The fourth-order valence-corrected chi connectivity index (χ4v) is 4.33. The lowest BCUT2D eigenvalue weighted by Gasteiger charge is -2.25. The van der Waals surface area contributed by atoms with Crippen LogP contribution in [0.25, 0.3) is 17.0 Å². The molecule has 3 aromatic heterocycles. The number of hydrogen-bond acceptors (Lipinski definition) is 4. The Morgan fingerprint density at radius 3 is 2.52 bits per heavy atom. The standard InChI is InChI=1S/C26H27N5O2/c1-16(2)24(29-25(33)26(11-12-26)18-9-7-17(3)8-10-18)21-15-23(32)31-22(28-21)14-20(30-31)19-6-4-5-13-27-19/h4-10,13-16,24,30H,11-12H2,1-3H3,(H,29,33). The van der Waals surface area contributed by atoms with E-state index in [-0.39, 0.29) is 23.4 Å². The van der Waals surface area contributed by atoms with Crippen molar-refractivity contribution in [3.63, 3.8) is 0 Å². The molecule has 33 heavy (non-hydrogen) atoms. The van der Waals surface area contributed by atoms with Crippen molar-refractivity contribution in [2.75, 3.05) is 0 Å². The zero-order chi connectivity index (χ0) is 23.2. The zero-order valence-electron chi connectivity index (χ0n) is 19.0. The van der Waals surface area contributed by atoms with Crippen molar-refractivity contribution >= 4 is 11.6 Å². The van der Waals surface area contributed by atoms with Crippen molar-refractivity contribution in [2.45, 2.75) is 45.1 Å². The highest BCUT2D eigenvalue weighted by atomic mass is 16.2. The lowest BCUT2D eigenvalue weighted by Crippen LogP contribution is -2.40. The van der Waals surface area contributed by atoms with E-state index in [1.165, 1.54) is 16.1 Å². The molecule has 0 saturated heterocycles. The molecule has 1 atom stereocenters. The van der Waals surface area contributed by atoms with Crippen LogP contribution in [0.1, 0.15) is 49.6 Å². The number of carbonyl (C=O) groups is 1. The number of pyridine rings is 1. The number of aromatic amines is 1. The van der Waals surface area contributed by atoms with Gasteiger partial charge in [-0.25, -0.2) is 9.50 Å². The minimum absolute atomic E-state index is 0.00436. The predicted molar refractivity (Wildman–Crippen MR) is 127 cm³/mol. The third kappa shape index (κ3) is 3.84. The van der Waals surface area contributed by atoms with E-state index < -0.39 is 5.41 Å². The van der Waals surface area contributed by atoms with Gasteiger partial charge in [0.25, 0.3) is 5.56 Å². The van der Waals surface area contributed by atoms with Crippen molar-refractivity contribution in [1.82, 2.24) is 24.9 Å². The van der Waals surface area contributed by atoms with Crippen LogP contribution >= 0.6 is 0 Å². The molecule has 7 heteroatoms. The Morgan fingerprint density at radius 2 is 1.88 bits per heavy atom. The summed E-state index contributed by atoms with van der Waals surface area (Å²) < 4.78 is 1.40. The maximum atomic E-state index is 13.4. The topological polar surface area (TPSA) is 92.2 Å². The SMILES string of the molecule is Cc1ccc(C2(C(=O)NC(c3cc(=O)n4[nH]c(-c5ccccn5)cc4n3)C(C)C)CC2)cc1. The summed E-state index contributed by atoms with van der Waals surface area (Å²) in [5, 5.41) is 6.28. The fourth-order valence-electron chi connectivity index (χ4n) is 4.33. The number of H-pyrrole nitrogens is 1. The number of carbonyl (C=O) groups excluding carboxylic acids is 1. The van der Waals surface area contributed by atoms with Gasteiger partial charge < -0.3 is 5.32 Å². The van der Waals surface area contributed by atoms with Crippen LogP contribution < -0.4 is 10.9 Å². The van der Waals surface area contributed by atoms with Crippen molar-refractivity contribution in [1.29, 1.82) is 0 Å².